The third-order valence-electron chi connectivity index (χ3n) is 3.36. The Balaban J connectivity index is 2.14. The third kappa shape index (κ3) is 2.72. The smallest absolute Gasteiger partial charge is 0.142 e. The van der Waals surface area contributed by atoms with E-state index in [1.807, 2.05) is 0 Å². The van der Waals surface area contributed by atoms with Crippen LogP contribution in [0.25, 0.3) is 0 Å². The summed E-state index contributed by atoms with van der Waals surface area (Å²) < 4.78 is 5.45. The van der Waals surface area contributed by atoms with Gasteiger partial charge in [-0.1, -0.05) is 13.0 Å². The molecule has 0 radical (unpaired) electrons. The molecule has 1 aliphatic rings. The predicted molar refractivity (Wildman–Crippen MR) is 72.0 cm³/mol. The summed E-state index contributed by atoms with van der Waals surface area (Å²) in [6.07, 6.45) is 1.21. The number of hydrogen-bond acceptors (Lipinski definition) is 3. The zero-order valence-corrected chi connectivity index (χ0v) is 11.0. The molecule has 0 amide bonds. The standard InChI is InChI=1S/C14H22N2O/c1-4-15-12-7-8-16(10-12)13-9-11(2)5-6-14(13)17-3/h5-6,9,12,15H,4,7-8,10H2,1-3H3. The van der Waals surface area contributed by atoms with E-state index in [1.165, 1.54) is 17.7 Å². The van der Waals surface area contributed by atoms with Gasteiger partial charge in [0.2, 0.25) is 0 Å². The van der Waals surface area contributed by atoms with Crippen molar-refractivity contribution in [2.75, 3.05) is 31.6 Å². The van der Waals surface area contributed by atoms with Gasteiger partial charge in [-0.15, -0.1) is 0 Å². The van der Waals surface area contributed by atoms with Crippen molar-refractivity contribution < 1.29 is 4.74 Å². The second-order valence-corrected chi connectivity index (χ2v) is 4.66. The summed E-state index contributed by atoms with van der Waals surface area (Å²) in [5, 5.41) is 3.51. The number of methoxy groups -OCH3 is 1. The maximum Gasteiger partial charge on any atom is 0.142 e. The van der Waals surface area contributed by atoms with Crippen molar-refractivity contribution >= 4 is 5.69 Å². The Kier molecular flexibility index (Phi) is 3.89. The van der Waals surface area contributed by atoms with Crippen LogP contribution in [0.5, 0.6) is 5.75 Å². The summed E-state index contributed by atoms with van der Waals surface area (Å²) in [5.41, 5.74) is 2.51. The molecule has 1 unspecified atom stereocenters. The quantitative estimate of drug-likeness (QED) is 0.864. The summed E-state index contributed by atoms with van der Waals surface area (Å²) in [5.74, 6) is 0.979. The molecule has 1 aromatic rings. The molecule has 3 heteroatoms. The summed E-state index contributed by atoms with van der Waals surface area (Å²) in [6.45, 7) is 7.52. The number of rotatable bonds is 4. The van der Waals surface area contributed by atoms with Crippen LogP contribution in [-0.2, 0) is 0 Å². The average Bonchev–Trinajstić information content (AvgIpc) is 2.78. The van der Waals surface area contributed by atoms with Gasteiger partial charge in [0, 0.05) is 19.1 Å². The van der Waals surface area contributed by atoms with Gasteiger partial charge >= 0.3 is 0 Å². The molecular formula is C14H22N2O. The molecule has 1 atom stereocenters. The van der Waals surface area contributed by atoms with Gasteiger partial charge in [0.05, 0.1) is 12.8 Å². The Morgan fingerprint density at radius 1 is 1.47 bits per heavy atom. The lowest BCUT2D eigenvalue weighted by atomic mass is 10.2. The lowest BCUT2D eigenvalue weighted by molar-refractivity contribution is 0.414. The molecule has 1 aliphatic heterocycles. The summed E-state index contributed by atoms with van der Waals surface area (Å²) in [4.78, 5) is 2.42. The van der Waals surface area contributed by atoms with E-state index in [1.54, 1.807) is 7.11 Å². The average molecular weight is 234 g/mol. The fourth-order valence-electron chi connectivity index (χ4n) is 2.48. The van der Waals surface area contributed by atoms with Crippen LogP contribution in [0.4, 0.5) is 5.69 Å². The summed E-state index contributed by atoms with van der Waals surface area (Å²) >= 11 is 0. The maximum absolute atomic E-state index is 5.45. The molecule has 2 rings (SSSR count). The number of ether oxygens (including phenoxy) is 1. The summed E-state index contributed by atoms with van der Waals surface area (Å²) in [6, 6.07) is 6.99. The van der Waals surface area contributed by atoms with E-state index in [0.717, 1.165) is 25.4 Å². The Labute approximate surface area is 104 Å². The van der Waals surface area contributed by atoms with Crippen molar-refractivity contribution in [1.82, 2.24) is 5.32 Å². The van der Waals surface area contributed by atoms with E-state index in [-0.39, 0.29) is 0 Å². The number of anilines is 1. The van der Waals surface area contributed by atoms with Crippen molar-refractivity contribution in [3.63, 3.8) is 0 Å². The second-order valence-electron chi connectivity index (χ2n) is 4.66. The van der Waals surface area contributed by atoms with Gasteiger partial charge in [-0.3, -0.25) is 0 Å². The largest absolute Gasteiger partial charge is 0.495 e. The van der Waals surface area contributed by atoms with Crippen molar-refractivity contribution in [1.29, 1.82) is 0 Å². The Bertz CT molecular complexity index is 378. The highest BCUT2D eigenvalue weighted by molar-refractivity contribution is 5.60. The zero-order valence-electron chi connectivity index (χ0n) is 11.0. The van der Waals surface area contributed by atoms with Gasteiger partial charge < -0.3 is 15.0 Å². The van der Waals surface area contributed by atoms with Crippen LogP contribution in [0.15, 0.2) is 18.2 Å². The highest BCUT2D eigenvalue weighted by Crippen LogP contribution is 2.31. The molecule has 1 saturated heterocycles. The lowest BCUT2D eigenvalue weighted by Crippen LogP contribution is -2.32. The Morgan fingerprint density at radius 3 is 3.00 bits per heavy atom. The van der Waals surface area contributed by atoms with E-state index in [9.17, 15) is 0 Å². The van der Waals surface area contributed by atoms with E-state index >= 15 is 0 Å². The molecule has 1 heterocycles. The molecule has 0 saturated carbocycles. The van der Waals surface area contributed by atoms with E-state index in [0.29, 0.717) is 6.04 Å². The lowest BCUT2D eigenvalue weighted by Gasteiger charge is -2.22. The maximum atomic E-state index is 5.45. The normalized spacial score (nSPS) is 19.7. The molecule has 94 valence electrons. The molecule has 17 heavy (non-hydrogen) atoms. The van der Waals surface area contributed by atoms with Gasteiger partial charge in [-0.25, -0.2) is 0 Å². The molecule has 0 aromatic heterocycles. The van der Waals surface area contributed by atoms with Crippen molar-refractivity contribution in [2.45, 2.75) is 26.3 Å². The van der Waals surface area contributed by atoms with Crippen LogP contribution in [0.1, 0.15) is 18.9 Å². The monoisotopic (exact) mass is 234 g/mol. The zero-order chi connectivity index (χ0) is 12.3. The van der Waals surface area contributed by atoms with Crippen molar-refractivity contribution in [3.8, 4) is 5.75 Å². The minimum absolute atomic E-state index is 0.616. The first-order chi connectivity index (χ1) is 8.24. The Morgan fingerprint density at radius 2 is 2.29 bits per heavy atom. The van der Waals surface area contributed by atoms with Gasteiger partial charge in [-0.2, -0.15) is 0 Å². The molecule has 1 aromatic carbocycles. The minimum atomic E-state index is 0.616. The third-order valence-corrected chi connectivity index (χ3v) is 3.36. The number of hydrogen-bond donors (Lipinski definition) is 1. The molecule has 0 aliphatic carbocycles. The molecule has 1 N–H and O–H groups in total. The van der Waals surface area contributed by atoms with E-state index in [2.05, 4.69) is 42.3 Å². The Hall–Kier alpha value is -1.22. The van der Waals surface area contributed by atoms with Crippen molar-refractivity contribution in [3.05, 3.63) is 23.8 Å². The van der Waals surface area contributed by atoms with Gasteiger partial charge in [0.1, 0.15) is 5.75 Å². The fraction of sp³-hybridized carbons (Fsp3) is 0.571. The highest BCUT2D eigenvalue weighted by Gasteiger charge is 2.23. The van der Waals surface area contributed by atoms with Crippen LogP contribution in [0, 0.1) is 6.92 Å². The van der Waals surface area contributed by atoms with Crippen molar-refractivity contribution in [2.24, 2.45) is 0 Å². The first-order valence-corrected chi connectivity index (χ1v) is 6.37. The van der Waals surface area contributed by atoms with Gasteiger partial charge in [0.25, 0.3) is 0 Å². The fourth-order valence-corrected chi connectivity index (χ4v) is 2.48. The van der Waals surface area contributed by atoms with E-state index < -0.39 is 0 Å². The first-order valence-electron chi connectivity index (χ1n) is 6.37. The minimum Gasteiger partial charge on any atom is -0.495 e. The van der Waals surface area contributed by atoms with Crippen LogP contribution < -0.4 is 15.0 Å². The predicted octanol–water partition coefficient (Wildman–Crippen LogP) is 2.19. The van der Waals surface area contributed by atoms with Crippen LogP contribution >= 0.6 is 0 Å². The number of nitrogens with one attached hydrogen (secondary N) is 1. The van der Waals surface area contributed by atoms with Crippen LogP contribution in [0.2, 0.25) is 0 Å². The number of nitrogens with zero attached hydrogens (tertiary/aromatic N) is 1. The number of benzene rings is 1. The highest BCUT2D eigenvalue weighted by atomic mass is 16.5. The first kappa shape index (κ1) is 12.2. The summed E-state index contributed by atoms with van der Waals surface area (Å²) in [7, 11) is 1.74. The second kappa shape index (κ2) is 5.41. The SMILES string of the molecule is CCNC1CCN(c2cc(C)ccc2OC)C1. The van der Waals surface area contributed by atoms with Gasteiger partial charge in [-0.05, 0) is 37.6 Å². The molecule has 0 bridgehead atoms. The van der Waals surface area contributed by atoms with E-state index in [4.69, 9.17) is 4.74 Å². The molecular weight excluding hydrogens is 212 g/mol. The number of aryl methyl sites for hydroxylation is 1. The van der Waals surface area contributed by atoms with Crippen LogP contribution in [0.3, 0.4) is 0 Å². The molecule has 0 spiro atoms. The molecule has 1 fully saturated rings. The molecule has 3 nitrogen and oxygen atoms in total. The number of likely N-dealkylation sites (N-methyl/N-ethyl adjacent to an activating group) is 1. The van der Waals surface area contributed by atoms with Gasteiger partial charge in [0.15, 0.2) is 0 Å². The topological polar surface area (TPSA) is 24.5 Å². The van der Waals surface area contributed by atoms with Crippen LogP contribution in [-0.4, -0.2) is 32.8 Å².